The normalized spacial score (nSPS) is 20.6. The largest absolute Gasteiger partial charge is 0.488 e. The van der Waals surface area contributed by atoms with Gasteiger partial charge < -0.3 is 33.7 Å². The molecule has 0 aliphatic carbocycles. The molecule has 47 heavy (non-hydrogen) atoms. The van der Waals surface area contributed by atoms with Crippen molar-refractivity contribution in [2.45, 2.75) is 63.6 Å². The molecule has 0 aromatic heterocycles. The van der Waals surface area contributed by atoms with Gasteiger partial charge in [0, 0.05) is 47.6 Å². The SMILES string of the molecule is COC1c2c(cc(F)c(Cl)c2-c2c(C#N)ccc(OCCOC3CCCCO3)c2F)OC1(COC(=O)NC(C)(C)C)c1ccccc1. The fourth-order valence-corrected chi connectivity index (χ4v) is 6.06. The lowest BCUT2D eigenvalue weighted by atomic mass is 9.83. The predicted molar refractivity (Wildman–Crippen MR) is 169 cm³/mol. The molecule has 0 spiro atoms. The minimum absolute atomic E-state index is 0.00793. The molecule has 5 rings (SSSR count). The number of hydrogen-bond donors (Lipinski definition) is 1. The van der Waals surface area contributed by atoms with Crippen molar-refractivity contribution in [3.63, 3.8) is 0 Å². The van der Waals surface area contributed by atoms with E-state index in [9.17, 15) is 10.1 Å². The number of halogens is 3. The third-order valence-corrected chi connectivity index (χ3v) is 8.22. The lowest BCUT2D eigenvalue weighted by molar-refractivity contribution is -0.165. The van der Waals surface area contributed by atoms with Crippen molar-refractivity contribution in [2.24, 2.45) is 0 Å². The van der Waals surface area contributed by atoms with Gasteiger partial charge in [-0.1, -0.05) is 41.9 Å². The second-order valence-electron chi connectivity index (χ2n) is 12.3. The van der Waals surface area contributed by atoms with Gasteiger partial charge in [0.05, 0.1) is 23.3 Å². The number of nitriles is 1. The Morgan fingerprint density at radius 2 is 1.89 bits per heavy atom. The van der Waals surface area contributed by atoms with E-state index in [-0.39, 0.29) is 59.9 Å². The average molecular weight is 671 g/mol. The Balaban J connectivity index is 1.56. The Labute approximate surface area is 277 Å². The molecule has 1 amide bonds. The number of methoxy groups -OCH3 is 1. The summed E-state index contributed by atoms with van der Waals surface area (Å²) < 4.78 is 67.1. The summed E-state index contributed by atoms with van der Waals surface area (Å²) in [6.07, 6.45) is 0.567. The molecule has 2 aliphatic heterocycles. The van der Waals surface area contributed by atoms with Crippen molar-refractivity contribution in [1.82, 2.24) is 5.32 Å². The van der Waals surface area contributed by atoms with Crippen LogP contribution in [0.1, 0.15) is 62.8 Å². The minimum atomic E-state index is -1.55. The van der Waals surface area contributed by atoms with Gasteiger partial charge in [-0.3, -0.25) is 0 Å². The van der Waals surface area contributed by atoms with Crippen molar-refractivity contribution in [3.8, 4) is 28.7 Å². The van der Waals surface area contributed by atoms with Gasteiger partial charge >= 0.3 is 6.09 Å². The van der Waals surface area contributed by atoms with E-state index in [2.05, 4.69) is 5.32 Å². The van der Waals surface area contributed by atoms with E-state index in [1.165, 1.54) is 19.2 Å². The van der Waals surface area contributed by atoms with E-state index in [0.29, 0.717) is 12.2 Å². The molecule has 0 saturated carbocycles. The van der Waals surface area contributed by atoms with Crippen molar-refractivity contribution in [2.75, 3.05) is 33.5 Å². The average Bonchev–Trinajstić information content (AvgIpc) is 3.37. The Hall–Kier alpha value is -3.95. The Morgan fingerprint density at radius 1 is 1.13 bits per heavy atom. The molecule has 1 N–H and O–H groups in total. The first-order valence-corrected chi connectivity index (χ1v) is 15.7. The molecule has 9 nitrogen and oxygen atoms in total. The van der Waals surface area contributed by atoms with Gasteiger partial charge in [0.2, 0.25) is 0 Å². The second-order valence-corrected chi connectivity index (χ2v) is 12.7. The Morgan fingerprint density at radius 3 is 2.55 bits per heavy atom. The molecular weight excluding hydrogens is 634 g/mol. The van der Waals surface area contributed by atoms with Crippen molar-refractivity contribution >= 4 is 17.7 Å². The third kappa shape index (κ3) is 7.31. The van der Waals surface area contributed by atoms with Crippen LogP contribution in [0.25, 0.3) is 11.1 Å². The Kier molecular flexibility index (Phi) is 10.6. The van der Waals surface area contributed by atoms with Crippen LogP contribution in [0, 0.1) is 23.0 Å². The van der Waals surface area contributed by atoms with Gasteiger partial charge in [0.1, 0.15) is 30.9 Å². The third-order valence-electron chi connectivity index (χ3n) is 7.85. The first kappa shape index (κ1) is 34.4. The molecule has 250 valence electrons. The fraction of sp³-hybridized carbons (Fsp3) is 0.429. The van der Waals surface area contributed by atoms with Crippen LogP contribution in [0.2, 0.25) is 5.02 Å². The molecule has 12 heteroatoms. The van der Waals surface area contributed by atoms with Crippen LogP contribution >= 0.6 is 11.6 Å². The summed E-state index contributed by atoms with van der Waals surface area (Å²) in [6, 6.07) is 14.6. The standard InChI is InChI=1S/C35H37ClF2N2O7/c1-34(2,3)40-33(41)46-20-35(22-10-6-5-7-11-22)32(42-4)28-25(47-35)18-23(37)30(36)29(28)27-21(19-39)13-14-24(31(27)38)43-16-17-45-26-12-8-9-15-44-26/h5-7,10-11,13-14,18,26,32H,8-9,12,15-17,20H2,1-4H3,(H,40,41). The molecule has 3 atom stereocenters. The summed E-state index contributed by atoms with van der Waals surface area (Å²) in [6.45, 7) is 5.78. The molecule has 2 heterocycles. The van der Waals surface area contributed by atoms with Crippen LogP contribution < -0.4 is 14.8 Å². The van der Waals surface area contributed by atoms with Crippen molar-refractivity contribution in [3.05, 3.63) is 81.9 Å². The summed E-state index contributed by atoms with van der Waals surface area (Å²) in [7, 11) is 1.40. The summed E-state index contributed by atoms with van der Waals surface area (Å²) in [5.74, 6) is -2.06. The van der Waals surface area contributed by atoms with E-state index in [0.717, 1.165) is 25.3 Å². The highest BCUT2D eigenvalue weighted by molar-refractivity contribution is 6.34. The second kappa shape index (κ2) is 14.4. The van der Waals surface area contributed by atoms with E-state index in [1.54, 1.807) is 51.1 Å². The highest BCUT2D eigenvalue weighted by atomic mass is 35.5. The molecule has 3 aromatic carbocycles. The van der Waals surface area contributed by atoms with Crippen LogP contribution in [0.4, 0.5) is 13.6 Å². The number of fused-ring (bicyclic) bond motifs is 1. The van der Waals surface area contributed by atoms with Gasteiger partial charge in [0.15, 0.2) is 23.5 Å². The zero-order valence-corrected chi connectivity index (χ0v) is 27.4. The van der Waals surface area contributed by atoms with Gasteiger partial charge in [0.25, 0.3) is 0 Å². The smallest absolute Gasteiger partial charge is 0.407 e. The summed E-state index contributed by atoms with van der Waals surface area (Å²) >= 11 is 6.61. The predicted octanol–water partition coefficient (Wildman–Crippen LogP) is 7.58. The monoisotopic (exact) mass is 670 g/mol. The van der Waals surface area contributed by atoms with E-state index >= 15 is 8.78 Å². The van der Waals surface area contributed by atoms with E-state index in [1.807, 2.05) is 6.07 Å². The number of nitrogens with zero attached hydrogens (tertiary/aromatic N) is 1. The number of ether oxygens (including phenoxy) is 6. The summed E-state index contributed by atoms with van der Waals surface area (Å²) in [5.41, 5.74) is -1.98. The summed E-state index contributed by atoms with van der Waals surface area (Å²) in [4.78, 5) is 12.8. The molecular formula is C35H37ClF2N2O7. The maximum Gasteiger partial charge on any atom is 0.407 e. The highest BCUT2D eigenvalue weighted by Gasteiger charge is 2.54. The van der Waals surface area contributed by atoms with Crippen LogP contribution in [0.5, 0.6) is 11.5 Å². The zero-order valence-electron chi connectivity index (χ0n) is 26.7. The first-order chi connectivity index (χ1) is 22.5. The molecule has 0 bridgehead atoms. The number of carbonyl (C=O) groups excluding carboxylic acids is 1. The molecule has 1 fully saturated rings. The molecule has 3 aromatic rings. The minimum Gasteiger partial charge on any atom is -0.488 e. The maximum absolute atomic E-state index is 16.4. The van der Waals surface area contributed by atoms with Gasteiger partial charge in [-0.05, 0) is 52.2 Å². The number of alkyl carbamates (subject to hydrolysis) is 1. The number of amides is 1. The summed E-state index contributed by atoms with van der Waals surface area (Å²) in [5, 5.41) is 12.3. The number of nitrogens with one attached hydrogen (secondary N) is 1. The van der Waals surface area contributed by atoms with Crippen molar-refractivity contribution < 1.29 is 42.0 Å². The van der Waals surface area contributed by atoms with Crippen LogP contribution in [-0.4, -0.2) is 51.5 Å². The topological polar surface area (TPSA) is 108 Å². The van der Waals surface area contributed by atoms with Gasteiger partial charge in [-0.2, -0.15) is 5.26 Å². The zero-order chi connectivity index (χ0) is 33.8. The lowest BCUT2D eigenvalue weighted by Crippen LogP contribution is -2.46. The van der Waals surface area contributed by atoms with Crippen molar-refractivity contribution in [1.29, 1.82) is 5.26 Å². The van der Waals surface area contributed by atoms with E-state index < -0.39 is 40.0 Å². The maximum atomic E-state index is 16.4. The molecule has 1 saturated heterocycles. The highest BCUT2D eigenvalue weighted by Crippen LogP contribution is 2.57. The van der Waals surface area contributed by atoms with Gasteiger partial charge in [-0.25, -0.2) is 13.6 Å². The fourth-order valence-electron chi connectivity index (χ4n) is 5.81. The van der Waals surface area contributed by atoms with Gasteiger partial charge in [-0.15, -0.1) is 0 Å². The molecule has 3 unspecified atom stereocenters. The number of carbonyl (C=O) groups is 1. The van der Waals surface area contributed by atoms with Crippen LogP contribution in [-0.2, 0) is 24.5 Å². The molecule has 0 radical (unpaired) electrons. The lowest BCUT2D eigenvalue weighted by Gasteiger charge is -2.34. The number of benzene rings is 3. The Bertz CT molecular complexity index is 1640. The van der Waals surface area contributed by atoms with Crippen LogP contribution in [0.3, 0.4) is 0 Å². The quantitative estimate of drug-likeness (QED) is 0.220. The molecule has 2 aliphatic rings. The first-order valence-electron chi connectivity index (χ1n) is 15.3. The number of hydrogen-bond acceptors (Lipinski definition) is 8. The van der Waals surface area contributed by atoms with Crippen LogP contribution in [0.15, 0.2) is 48.5 Å². The number of rotatable bonds is 10. The van der Waals surface area contributed by atoms with E-state index in [4.69, 9.17) is 40.0 Å².